The number of hydrogen-bond acceptors (Lipinski definition) is 7. The van der Waals surface area contributed by atoms with Crippen LogP contribution in [0.1, 0.15) is 13.3 Å². The summed E-state index contributed by atoms with van der Waals surface area (Å²) in [6.45, 7) is 2.72. The topological polar surface area (TPSA) is 100 Å². The van der Waals surface area contributed by atoms with Crippen molar-refractivity contribution in [1.29, 1.82) is 0 Å². The number of aromatic nitrogens is 4. The van der Waals surface area contributed by atoms with Crippen molar-refractivity contribution in [2.75, 3.05) is 28.7 Å². The molecule has 5 heterocycles. The molecular weight excluding hydrogens is 437 g/mol. The molecule has 0 radical (unpaired) electrons. The van der Waals surface area contributed by atoms with E-state index in [0.717, 1.165) is 30.4 Å². The number of hydrogen-bond donors (Lipinski definition) is 1. The Morgan fingerprint density at radius 3 is 2.82 bits per heavy atom. The molecule has 34 heavy (non-hydrogen) atoms. The maximum Gasteiger partial charge on any atom is 0.328 e. The zero-order valence-corrected chi connectivity index (χ0v) is 18.6. The minimum absolute atomic E-state index is 0.144. The molecule has 0 spiro atoms. The Bertz CT molecular complexity index is 1330. The highest BCUT2D eigenvalue weighted by Crippen LogP contribution is 2.35. The van der Waals surface area contributed by atoms with Crippen LogP contribution < -0.4 is 15.1 Å². The average molecular weight is 459 g/mol. The Morgan fingerprint density at radius 2 is 2.03 bits per heavy atom. The molecule has 2 amide bonds. The predicted molar refractivity (Wildman–Crippen MR) is 126 cm³/mol. The van der Waals surface area contributed by atoms with Crippen LogP contribution in [0.15, 0.2) is 65.9 Å². The van der Waals surface area contributed by atoms with Crippen LogP contribution in [0.5, 0.6) is 0 Å². The van der Waals surface area contributed by atoms with Gasteiger partial charge < -0.3 is 9.32 Å². The first-order valence-electron chi connectivity index (χ1n) is 10.8. The largest absolute Gasteiger partial charge is 0.444 e. The maximum absolute atomic E-state index is 13.8. The molecule has 1 aliphatic heterocycles. The summed E-state index contributed by atoms with van der Waals surface area (Å²) in [5.74, 6) is 0.976. The zero-order chi connectivity index (χ0) is 23.7. The van der Waals surface area contributed by atoms with Crippen LogP contribution in [0.25, 0.3) is 22.6 Å². The van der Waals surface area contributed by atoms with Crippen molar-refractivity contribution in [3.63, 3.8) is 0 Å². The van der Waals surface area contributed by atoms with Crippen molar-refractivity contribution in [2.24, 2.45) is 0 Å². The zero-order valence-electron chi connectivity index (χ0n) is 18.6. The molecule has 172 valence electrons. The number of oxazole rings is 1. The molecule has 10 heteroatoms. The van der Waals surface area contributed by atoms with Crippen molar-refractivity contribution < 1.29 is 13.6 Å². The molecule has 0 bridgehead atoms. The molecule has 0 aromatic carbocycles. The van der Waals surface area contributed by atoms with E-state index >= 15 is 0 Å². The predicted octanol–water partition coefficient (Wildman–Crippen LogP) is 4.60. The molecule has 9 nitrogen and oxygen atoms in total. The molecule has 0 aliphatic carbocycles. The van der Waals surface area contributed by atoms with Crippen molar-refractivity contribution in [3.05, 3.63) is 67.3 Å². The van der Waals surface area contributed by atoms with Gasteiger partial charge in [0, 0.05) is 43.2 Å². The lowest BCUT2D eigenvalue weighted by Gasteiger charge is -2.28. The Kier molecular flexibility index (Phi) is 5.62. The van der Waals surface area contributed by atoms with Crippen LogP contribution in [0.4, 0.5) is 26.5 Å². The standard InChI is InChI=1S/C24H22FN7O2/c1-15-6-8-31(2)20-4-3-19(17-9-18(25)12-26-11-17)29-23(20)32(15)24(33)30-22-10-16(5-7-28-22)21-13-27-14-34-21/h3-5,7,9-15H,6,8H2,1-2H3,(H,28,30,33)/t15-/m1/s1. The van der Waals surface area contributed by atoms with E-state index < -0.39 is 5.82 Å². The van der Waals surface area contributed by atoms with E-state index in [1.807, 2.05) is 20.0 Å². The molecule has 1 N–H and O–H groups in total. The second-order valence-corrected chi connectivity index (χ2v) is 8.09. The highest BCUT2D eigenvalue weighted by atomic mass is 19.1. The van der Waals surface area contributed by atoms with Crippen LogP contribution in [-0.4, -0.2) is 45.6 Å². The number of anilines is 3. The number of rotatable bonds is 3. The van der Waals surface area contributed by atoms with E-state index in [4.69, 9.17) is 9.40 Å². The molecule has 4 aromatic rings. The second-order valence-electron chi connectivity index (χ2n) is 8.09. The SMILES string of the molecule is C[C@@H]1CCN(C)c2ccc(-c3cncc(F)c3)nc2N1C(=O)Nc1cc(-c2cnco2)ccn1. The number of urea groups is 1. The molecule has 0 fully saturated rings. The Labute approximate surface area is 195 Å². The highest BCUT2D eigenvalue weighted by Gasteiger charge is 2.31. The van der Waals surface area contributed by atoms with Gasteiger partial charge in [0.2, 0.25) is 0 Å². The summed E-state index contributed by atoms with van der Waals surface area (Å²) in [4.78, 5) is 34.1. The van der Waals surface area contributed by atoms with Crippen molar-refractivity contribution in [1.82, 2.24) is 19.9 Å². The molecule has 0 unspecified atom stereocenters. The quantitative estimate of drug-likeness (QED) is 0.478. The fraction of sp³-hybridized carbons (Fsp3) is 0.208. The minimum atomic E-state index is -0.452. The van der Waals surface area contributed by atoms with Gasteiger partial charge in [-0.15, -0.1) is 0 Å². The number of fused-ring (bicyclic) bond motifs is 1. The van der Waals surface area contributed by atoms with E-state index in [2.05, 4.69) is 25.2 Å². The molecule has 5 rings (SSSR count). The molecule has 1 atom stereocenters. The number of amides is 2. The van der Waals surface area contributed by atoms with E-state index in [1.54, 1.807) is 41.7 Å². The summed E-state index contributed by atoms with van der Waals surface area (Å²) < 4.78 is 19.1. The monoisotopic (exact) mass is 459 g/mol. The third-order valence-corrected chi connectivity index (χ3v) is 5.75. The summed E-state index contributed by atoms with van der Waals surface area (Å²) in [7, 11) is 1.96. The third kappa shape index (κ3) is 4.17. The van der Waals surface area contributed by atoms with Crippen LogP contribution in [0.2, 0.25) is 0 Å². The van der Waals surface area contributed by atoms with Gasteiger partial charge in [-0.2, -0.15) is 0 Å². The molecule has 0 saturated heterocycles. The number of nitrogens with one attached hydrogen (secondary N) is 1. The van der Waals surface area contributed by atoms with E-state index in [9.17, 15) is 9.18 Å². The number of nitrogens with zero attached hydrogens (tertiary/aromatic N) is 6. The van der Waals surface area contributed by atoms with Gasteiger partial charge in [0.15, 0.2) is 18.0 Å². The number of pyridine rings is 3. The van der Waals surface area contributed by atoms with Crippen molar-refractivity contribution >= 4 is 23.4 Å². The summed E-state index contributed by atoms with van der Waals surface area (Å²) in [6, 6.07) is 8.05. The third-order valence-electron chi connectivity index (χ3n) is 5.75. The van der Waals surface area contributed by atoms with Crippen LogP contribution in [0, 0.1) is 5.82 Å². The van der Waals surface area contributed by atoms with Gasteiger partial charge in [-0.3, -0.25) is 15.2 Å². The number of carbonyl (C=O) groups excluding carboxylic acids is 1. The van der Waals surface area contributed by atoms with Gasteiger partial charge in [0.1, 0.15) is 11.6 Å². The fourth-order valence-corrected chi connectivity index (χ4v) is 3.94. The maximum atomic E-state index is 13.8. The Morgan fingerprint density at radius 1 is 1.15 bits per heavy atom. The van der Waals surface area contributed by atoms with Gasteiger partial charge in [0.25, 0.3) is 0 Å². The smallest absolute Gasteiger partial charge is 0.328 e. The summed E-state index contributed by atoms with van der Waals surface area (Å²) in [5, 5.41) is 2.88. The summed E-state index contributed by atoms with van der Waals surface area (Å²) >= 11 is 0. The van der Waals surface area contributed by atoms with E-state index in [0.29, 0.717) is 28.7 Å². The Hall–Kier alpha value is -4.34. The fourth-order valence-electron chi connectivity index (χ4n) is 3.94. The van der Waals surface area contributed by atoms with Crippen LogP contribution >= 0.6 is 0 Å². The first kappa shape index (κ1) is 21.5. The average Bonchev–Trinajstić information content (AvgIpc) is 3.34. The van der Waals surface area contributed by atoms with Gasteiger partial charge in [-0.05, 0) is 43.7 Å². The van der Waals surface area contributed by atoms with Gasteiger partial charge in [0.05, 0.1) is 23.8 Å². The Balaban J connectivity index is 1.51. The highest BCUT2D eigenvalue weighted by molar-refractivity contribution is 6.03. The normalized spacial score (nSPS) is 15.6. The van der Waals surface area contributed by atoms with Crippen LogP contribution in [-0.2, 0) is 0 Å². The van der Waals surface area contributed by atoms with Crippen molar-refractivity contribution in [2.45, 2.75) is 19.4 Å². The van der Waals surface area contributed by atoms with Gasteiger partial charge >= 0.3 is 6.03 Å². The van der Waals surface area contributed by atoms with E-state index in [-0.39, 0.29) is 12.1 Å². The lowest BCUT2D eigenvalue weighted by atomic mass is 10.1. The minimum Gasteiger partial charge on any atom is -0.444 e. The first-order chi connectivity index (χ1) is 16.5. The van der Waals surface area contributed by atoms with Crippen LogP contribution in [0.3, 0.4) is 0 Å². The molecule has 4 aromatic heterocycles. The molecular formula is C24H22FN7O2. The second kappa shape index (κ2) is 8.89. The number of halogens is 1. The van der Waals surface area contributed by atoms with Crippen molar-refractivity contribution in [3.8, 4) is 22.6 Å². The number of carbonyl (C=O) groups is 1. The van der Waals surface area contributed by atoms with Gasteiger partial charge in [-0.25, -0.2) is 24.1 Å². The molecule has 0 saturated carbocycles. The molecule has 1 aliphatic rings. The van der Waals surface area contributed by atoms with Gasteiger partial charge in [-0.1, -0.05) is 0 Å². The summed E-state index contributed by atoms with van der Waals surface area (Å²) in [6.07, 6.45) is 7.96. The lowest BCUT2D eigenvalue weighted by molar-refractivity contribution is 0.255. The van der Waals surface area contributed by atoms with E-state index in [1.165, 1.54) is 12.5 Å². The lowest BCUT2D eigenvalue weighted by Crippen LogP contribution is -2.42. The summed E-state index contributed by atoms with van der Waals surface area (Å²) in [5.41, 5.74) is 2.60. The first-order valence-corrected chi connectivity index (χ1v) is 10.8.